The quantitative estimate of drug-likeness (QED) is 0.587. The van der Waals surface area contributed by atoms with E-state index in [1.807, 2.05) is 0 Å². The molecule has 0 aromatic rings. The Labute approximate surface area is 148 Å². The van der Waals surface area contributed by atoms with Crippen LogP contribution in [-0.2, 0) is 9.59 Å². The maximum absolute atomic E-state index is 12.9. The number of alkyl halides is 3. The summed E-state index contributed by atoms with van der Waals surface area (Å²) in [7, 11) is 0. The van der Waals surface area contributed by atoms with Gasteiger partial charge in [-0.25, -0.2) is 0 Å². The maximum Gasteiger partial charge on any atom is 0.400 e. The third-order valence-electron chi connectivity index (χ3n) is 6.91. The summed E-state index contributed by atoms with van der Waals surface area (Å²) in [4.78, 5) is 24.4. The lowest BCUT2D eigenvalue weighted by Crippen LogP contribution is -2.42. The molecule has 0 bridgehead atoms. The molecule has 5 heteroatoms. The van der Waals surface area contributed by atoms with E-state index in [9.17, 15) is 22.8 Å². The lowest BCUT2D eigenvalue weighted by Gasteiger charge is -2.47. The summed E-state index contributed by atoms with van der Waals surface area (Å²) >= 11 is 0. The Hall–Kier alpha value is -0.870. The van der Waals surface area contributed by atoms with E-state index < -0.39 is 23.8 Å². The van der Waals surface area contributed by atoms with Gasteiger partial charge in [0.2, 0.25) is 0 Å². The van der Waals surface area contributed by atoms with E-state index in [0.717, 1.165) is 39.5 Å². The van der Waals surface area contributed by atoms with Gasteiger partial charge in [-0.3, -0.25) is 9.59 Å². The molecule has 2 rings (SSSR count). The van der Waals surface area contributed by atoms with Crippen LogP contribution in [0, 0.1) is 22.2 Å². The average molecular weight is 360 g/mol. The van der Waals surface area contributed by atoms with Crippen molar-refractivity contribution in [1.82, 2.24) is 0 Å². The molecular weight excluding hydrogens is 329 g/mol. The summed E-state index contributed by atoms with van der Waals surface area (Å²) in [6.07, 6.45) is 2.94. The van der Waals surface area contributed by atoms with Crippen molar-refractivity contribution in [1.29, 1.82) is 0 Å². The molecule has 0 radical (unpaired) electrons. The van der Waals surface area contributed by atoms with Gasteiger partial charge in [0.05, 0.1) is 6.42 Å². The minimum atomic E-state index is -4.62. The van der Waals surface area contributed by atoms with Gasteiger partial charge >= 0.3 is 6.18 Å². The Morgan fingerprint density at radius 1 is 0.920 bits per heavy atom. The molecule has 144 valence electrons. The minimum absolute atomic E-state index is 0.242. The zero-order valence-corrected chi connectivity index (χ0v) is 15.9. The van der Waals surface area contributed by atoms with Gasteiger partial charge in [0, 0.05) is 5.92 Å². The highest BCUT2D eigenvalue weighted by Crippen LogP contribution is 2.53. The first-order chi connectivity index (χ1) is 11.3. The van der Waals surface area contributed by atoms with Crippen molar-refractivity contribution in [3.8, 4) is 0 Å². The first-order valence-corrected chi connectivity index (χ1v) is 9.41. The smallest absolute Gasteiger partial charge is 0.299 e. The lowest BCUT2D eigenvalue weighted by molar-refractivity contribution is -0.210. The fourth-order valence-corrected chi connectivity index (χ4v) is 4.19. The third-order valence-corrected chi connectivity index (χ3v) is 6.91. The van der Waals surface area contributed by atoms with Crippen molar-refractivity contribution in [3.63, 3.8) is 0 Å². The molecule has 0 atom stereocenters. The average Bonchev–Trinajstić information content (AvgIpc) is 2.50. The number of ketones is 2. The van der Waals surface area contributed by atoms with Crippen LogP contribution in [0.1, 0.15) is 85.5 Å². The van der Waals surface area contributed by atoms with Crippen molar-refractivity contribution < 1.29 is 22.8 Å². The second-order valence-corrected chi connectivity index (χ2v) is 9.63. The van der Waals surface area contributed by atoms with Gasteiger partial charge in [0.1, 0.15) is 11.2 Å². The highest BCUT2D eigenvalue weighted by atomic mass is 19.4. The monoisotopic (exact) mass is 360 g/mol. The molecule has 0 heterocycles. The molecule has 2 nitrogen and oxygen atoms in total. The van der Waals surface area contributed by atoms with E-state index >= 15 is 0 Å². The zero-order chi connectivity index (χ0) is 19.1. The molecule has 0 N–H and O–H groups in total. The number of rotatable bonds is 4. The van der Waals surface area contributed by atoms with Crippen LogP contribution < -0.4 is 0 Å². The first-order valence-electron chi connectivity index (χ1n) is 9.41. The van der Waals surface area contributed by atoms with E-state index in [1.54, 1.807) is 0 Å². The highest BCUT2D eigenvalue weighted by Gasteiger charge is 2.53. The molecule has 2 aliphatic rings. The summed E-state index contributed by atoms with van der Waals surface area (Å²) in [5.41, 5.74) is -1.73. The summed E-state index contributed by atoms with van der Waals surface area (Å²) in [5.74, 6) is -1.55. The molecule has 2 saturated carbocycles. The Morgan fingerprint density at radius 3 is 1.84 bits per heavy atom. The summed E-state index contributed by atoms with van der Waals surface area (Å²) in [5, 5.41) is 0. The van der Waals surface area contributed by atoms with E-state index in [2.05, 4.69) is 13.8 Å². The Kier molecular flexibility index (Phi) is 5.48. The van der Waals surface area contributed by atoms with Crippen molar-refractivity contribution in [2.45, 2.75) is 91.7 Å². The van der Waals surface area contributed by atoms with Crippen LogP contribution in [0.2, 0.25) is 0 Å². The lowest BCUT2D eigenvalue weighted by atomic mass is 9.58. The van der Waals surface area contributed by atoms with E-state index in [-0.39, 0.29) is 11.7 Å². The number of Topliss-reactive ketones (excluding diaryl/α,β-unsaturated/α-hetero) is 2. The molecule has 0 saturated heterocycles. The topological polar surface area (TPSA) is 34.1 Å². The minimum Gasteiger partial charge on any atom is -0.299 e. The van der Waals surface area contributed by atoms with Crippen LogP contribution >= 0.6 is 0 Å². The fraction of sp³-hybridized carbons (Fsp3) is 0.900. The standard InChI is InChI=1S/C20H31F3O2/c1-17(2)9-11-19(12-10-17)7-5-14(6-8-19)15(24)13-16(25)18(3,4)20(21,22)23/h14H,5-13H2,1-4H3. The number of hydrogen-bond donors (Lipinski definition) is 0. The number of hydrogen-bond acceptors (Lipinski definition) is 2. The summed E-state index contributed by atoms with van der Waals surface area (Å²) in [6, 6.07) is 0. The molecular formula is C20H31F3O2. The first kappa shape index (κ1) is 20.4. The largest absolute Gasteiger partial charge is 0.400 e. The molecule has 2 aliphatic carbocycles. The second-order valence-electron chi connectivity index (χ2n) is 9.63. The van der Waals surface area contributed by atoms with Gasteiger partial charge < -0.3 is 0 Å². The van der Waals surface area contributed by atoms with E-state index in [1.165, 1.54) is 25.7 Å². The van der Waals surface area contributed by atoms with Crippen molar-refractivity contribution >= 4 is 11.6 Å². The van der Waals surface area contributed by atoms with Crippen LogP contribution in [0.5, 0.6) is 0 Å². The second kappa shape index (κ2) is 6.70. The Balaban J connectivity index is 1.89. The van der Waals surface area contributed by atoms with Crippen LogP contribution in [0.15, 0.2) is 0 Å². The van der Waals surface area contributed by atoms with Crippen molar-refractivity contribution in [3.05, 3.63) is 0 Å². The molecule has 0 aromatic carbocycles. The Morgan fingerprint density at radius 2 is 1.40 bits per heavy atom. The van der Waals surface area contributed by atoms with Gasteiger partial charge in [-0.2, -0.15) is 13.2 Å². The fourth-order valence-electron chi connectivity index (χ4n) is 4.19. The normalized spacial score (nSPS) is 24.3. The van der Waals surface area contributed by atoms with Crippen LogP contribution in [-0.4, -0.2) is 17.7 Å². The number of carbonyl (C=O) groups is 2. The van der Waals surface area contributed by atoms with Crippen molar-refractivity contribution in [2.75, 3.05) is 0 Å². The molecule has 0 aromatic heterocycles. The molecule has 1 spiro atoms. The van der Waals surface area contributed by atoms with Gasteiger partial charge in [-0.05, 0) is 76.0 Å². The number of carbonyl (C=O) groups excluding carboxylic acids is 2. The molecule has 0 aliphatic heterocycles. The molecule has 0 amide bonds. The SMILES string of the molecule is CC1(C)CCC2(CCC(C(=O)CC(=O)C(C)(C)C(F)(F)F)CC2)CC1. The summed E-state index contributed by atoms with van der Waals surface area (Å²) in [6.45, 7) is 6.32. The predicted molar refractivity (Wildman–Crippen MR) is 91.1 cm³/mol. The number of halogens is 3. The molecule has 0 unspecified atom stereocenters. The predicted octanol–water partition coefficient (Wildman–Crippen LogP) is 5.88. The zero-order valence-electron chi connectivity index (χ0n) is 15.9. The Bertz CT molecular complexity index is 512. The molecule has 25 heavy (non-hydrogen) atoms. The summed E-state index contributed by atoms with van der Waals surface area (Å²) < 4.78 is 38.8. The van der Waals surface area contributed by atoms with Gasteiger partial charge in [0.25, 0.3) is 0 Å². The van der Waals surface area contributed by atoms with E-state index in [4.69, 9.17) is 0 Å². The van der Waals surface area contributed by atoms with Crippen molar-refractivity contribution in [2.24, 2.45) is 22.2 Å². The van der Waals surface area contributed by atoms with Crippen LogP contribution in [0.3, 0.4) is 0 Å². The van der Waals surface area contributed by atoms with Gasteiger partial charge in [-0.1, -0.05) is 13.8 Å². The van der Waals surface area contributed by atoms with E-state index in [0.29, 0.717) is 10.8 Å². The van der Waals surface area contributed by atoms with Gasteiger partial charge in [0.15, 0.2) is 5.78 Å². The third kappa shape index (κ3) is 4.46. The van der Waals surface area contributed by atoms with Crippen LogP contribution in [0.4, 0.5) is 13.2 Å². The van der Waals surface area contributed by atoms with Crippen LogP contribution in [0.25, 0.3) is 0 Å². The van der Waals surface area contributed by atoms with Gasteiger partial charge in [-0.15, -0.1) is 0 Å². The maximum atomic E-state index is 12.9. The highest BCUT2D eigenvalue weighted by molar-refractivity contribution is 6.02. The molecule has 2 fully saturated rings.